The molecule has 1 N–H and O–H groups in total. The van der Waals surface area contributed by atoms with E-state index in [1.54, 1.807) is 12.2 Å². The van der Waals surface area contributed by atoms with Gasteiger partial charge in [0.15, 0.2) is 11.5 Å². The van der Waals surface area contributed by atoms with E-state index < -0.39 is 0 Å². The molecule has 1 aromatic carbocycles. The molecule has 3 rings (SSSR count). The minimum Gasteiger partial charge on any atom is -0.454 e. The summed E-state index contributed by atoms with van der Waals surface area (Å²) in [6, 6.07) is 5.65. The number of amides is 1. The fraction of sp³-hybridized carbons (Fsp3) is 0.500. The summed E-state index contributed by atoms with van der Waals surface area (Å²) in [5, 5.41) is 2.93. The van der Waals surface area contributed by atoms with Gasteiger partial charge in [0, 0.05) is 12.6 Å². The van der Waals surface area contributed by atoms with Crippen molar-refractivity contribution in [1.29, 1.82) is 0 Å². The Labute approximate surface area is 149 Å². The van der Waals surface area contributed by atoms with E-state index in [-0.39, 0.29) is 25.1 Å². The lowest BCUT2D eigenvalue weighted by atomic mass is 10.2. The minimum absolute atomic E-state index is 0. The van der Waals surface area contributed by atoms with Crippen molar-refractivity contribution >= 4 is 24.4 Å². The van der Waals surface area contributed by atoms with Gasteiger partial charge < -0.3 is 19.7 Å². The summed E-state index contributed by atoms with van der Waals surface area (Å²) in [6.45, 7) is 4.64. The Hall–Kier alpha value is -1.72. The Morgan fingerprint density at radius 2 is 1.96 bits per heavy atom. The standard InChI is InChI=1S/C18H24N2O3.ClH/c21-18(19-9-1-2-10-20-11-3-4-12-20)8-6-15-5-7-16-17(13-15)23-14-22-16;/h5-8,13H,1-4,9-12,14H2,(H,19,21);1H. The number of carbonyl (C=O) groups is 1. The number of hydrogen-bond donors (Lipinski definition) is 1. The van der Waals surface area contributed by atoms with Crippen molar-refractivity contribution in [2.75, 3.05) is 33.0 Å². The van der Waals surface area contributed by atoms with E-state index in [4.69, 9.17) is 9.47 Å². The van der Waals surface area contributed by atoms with Crippen LogP contribution in [-0.4, -0.2) is 43.8 Å². The number of carbonyl (C=O) groups excluding carboxylic acids is 1. The summed E-state index contributed by atoms with van der Waals surface area (Å²) in [5.74, 6) is 1.43. The monoisotopic (exact) mass is 352 g/mol. The molecule has 1 fully saturated rings. The van der Waals surface area contributed by atoms with E-state index in [0.717, 1.165) is 43.0 Å². The molecule has 5 nitrogen and oxygen atoms in total. The molecular formula is C18H25ClN2O3. The topological polar surface area (TPSA) is 50.8 Å². The van der Waals surface area contributed by atoms with Gasteiger partial charge in [0.1, 0.15) is 0 Å². The van der Waals surface area contributed by atoms with Crippen molar-refractivity contribution in [2.24, 2.45) is 0 Å². The highest BCUT2D eigenvalue weighted by Gasteiger charge is 2.12. The third-order valence-corrected chi connectivity index (χ3v) is 4.22. The van der Waals surface area contributed by atoms with Gasteiger partial charge in [0.25, 0.3) is 0 Å². The maximum Gasteiger partial charge on any atom is 0.243 e. The van der Waals surface area contributed by atoms with E-state index in [9.17, 15) is 4.79 Å². The zero-order valence-corrected chi connectivity index (χ0v) is 14.6. The van der Waals surface area contributed by atoms with Crippen LogP contribution in [0.15, 0.2) is 24.3 Å². The van der Waals surface area contributed by atoms with E-state index in [1.165, 1.54) is 25.9 Å². The van der Waals surface area contributed by atoms with Gasteiger partial charge in [0.2, 0.25) is 12.7 Å². The number of nitrogens with zero attached hydrogens (tertiary/aromatic N) is 1. The Kier molecular flexibility index (Phi) is 7.40. The smallest absolute Gasteiger partial charge is 0.243 e. The summed E-state index contributed by atoms with van der Waals surface area (Å²) in [7, 11) is 0. The van der Waals surface area contributed by atoms with Gasteiger partial charge in [-0.05, 0) is 69.1 Å². The van der Waals surface area contributed by atoms with Gasteiger partial charge in [0.05, 0.1) is 0 Å². The summed E-state index contributed by atoms with van der Waals surface area (Å²) in [6.07, 6.45) is 8.20. The Bertz CT molecular complexity index is 571. The van der Waals surface area contributed by atoms with E-state index >= 15 is 0 Å². The molecule has 2 aliphatic heterocycles. The van der Waals surface area contributed by atoms with Crippen LogP contribution in [0.4, 0.5) is 0 Å². The molecule has 1 amide bonds. The molecule has 0 aromatic heterocycles. The number of nitrogens with one attached hydrogen (secondary N) is 1. The van der Waals surface area contributed by atoms with Crippen LogP contribution in [0.25, 0.3) is 6.08 Å². The largest absolute Gasteiger partial charge is 0.454 e. The SMILES string of the molecule is Cl.O=C(C=Cc1ccc2c(c1)OCO2)NCCCCN1CCCC1. The molecule has 2 aliphatic rings. The second kappa shape index (κ2) is 9.55. The van der Waals surface area contributed by atoms with Crippen molar-refractivity contribution in [3.05, 3.63) is 29.8 Å². The molecule has 1 aromatic rings. The van der Waals surface area contributed by atoms with Crippen LogP contribution >= 0.6 is 12.4 Å². The molecule has 0 bridgehead atoms. The number of fused-ring (bicyclic) bond motifs is 1. The lowest BCUT2D eigenvalue weighted by molar-refractivity contribution is -0.116. The molecule has 0 saturated carbocycles. The second-order valence-corrected chi connectivity index (χ2v) is 5.99. The van der Waals surface area contributed by atoms with Crippen LogP contribution in [0.3, 0.4) is 0 Å². The van der Waals surface area contributed by atoms with Crippen LogP contribution in [0, 0.1) is 0 Å². The summed E-state index contributed by atoms with van der Waals surface area (Å²) >= 11 is 0. The molecule has 1 saturated heterocycles. The average molecular weight is 353 g/mol. The lowest BCUT2D eigenvalue weighted by Crippen LogP contribution is -2.24. The first-order chi connectivity index (χ1) is 11.3. The molecule has 2 heterocycles. The molecular weight excluding hydrogens is 328 g/mol. The minimum atomic E-state index is -0.0520. The highest BCUT2D eigenvalue weighted by molar-refractivity contribution is 5.91. The number of unbranched alkanes of at least 4 members (excludes halogenated alkanes) is 1. The Morgan fingerprint density at radius 3 is 2.79 bits per heavy atom. The number of hydrogen-bond acceptors (Lipinski definition) is 4. The van der Waals surface area contributed by atoms with E-state index in [0.29, 0.717) is 0 Å². The van der Waals surface area contributed by atoms with Crippen LogP contribution in [-0.2, 0) is 4.79 Å². The molecule has 0 aliphatic carbocycles. The van der Waals surface area contributed by atoms with Gasteiger partial charge in [-0.25, -0.2) is 0 Å². The van der Waals surface area contributed by atoms with E-state index in [2.05, 4.69) is 10.2 Å². The van der Waals surface area contributed by atoms with Gasteiger partial charge >= 0.3 is 0 Å². The number of likely N-dealkylation sites (tertiary alicyclic amines) is 1. The number of halogens is 1. The third-order valence-electron chi connectivity index (χ3n) is 4.22. The second-order valence-electron chi connectivity index (χ2n) is 5.99. The lowest BCUT2D eigenvalue weighted by Gasteiger charge is -2.13. The molecule has 6 heteroatoms. The van der Waals surface area contributed by atoms with Crippen molar-refractivity contribution in [2.45, 2.75) is 25.7 Å². The van der Waals surface area contributed by atoms with Crippen LogP contribution in [0.5, 0.6) is 11.5 Å². The van der Waals surface area contributed by atoms with Crippen LogP contribution in [0.1, 0.15) is 31.2 Å². The summed E-state index contributed by atoms with van der Waals surface area (Å²) in [4.78, 5) is 14.3. The van der Waals surface area contributed by atoms with Crippen molar-refractivity contribution in [3.8, 4) is 11.5 Å². The highest BCUT2D eigenvalue weighted by Crippen LogP contribution is 2.32. The number of benzene rings is 1. The van der Waals surface area contributed by atoms with Crippen LogP contribution in [0.2, 0.25) is 0 Å². The first-order valence-corrected chi connectivity index (χ1v) is 8.39. The predicted molar refractivity (Wildman–Crippen MR) is 96.8 cm³/mol. The maximum atomic E-state index is 11.8. The van der Waals surface area contributed by atoms with Crippen molar-refractivity contribution in [1.82, 2.24) is 10.2 Å². The first kappa shape index (κ1) is 18.6. The number of rotatable bonds is 7. The average Bonchev–Trinajstić information content (AvgIpc) is 3.23. The van der Waals surface area contributed by atoms with Gasteiger partial charge in [-0.1, -0.05) is 6.07 Å². The molecule has 0 radical (unpaired) electrons. The quantitative estimate of drug-likeness (QED) is 0.605. The fourth-order valence-corrected chi connectivity index (χ4v) is 2.93. The third kappa shape index (κ3) is 5.42. The zero-order valence-electron chi connectivity index (χ0n) is 13.8. The summed E-state index contributed by atoms with van der Waals surface area (Å²) < 4.78 is 10.6. The molecule has 0 atom stereocenters. The normalized spacial score (nSPS) is 16.3. The van der Waals surface area contributed by atoms with Gasteiger partial charge in [-0.3, -0.25) is 4.79 Å². The number of ether oxygens (including phenoxy) is 2. The molecule has 0 unspecified atom stereocenters. The zero-order chi connectivity index (χ0) is 15.9. The molecule has 24 heavy (non-hydrogen) atoms. The van der Waals surface area contributed by atoms with E-state index in [1.807, 2.05) is 18.2 Å². The predicted octanol–water partition coefficient (Wildman–Crippen LogP) is 2.84. The summed E-state index contributed by atoms with van der Waals surface area (Å²) in [5.41, 5.74) is 0.929. The van der Waals surface area contributed by atoms with Gasteiger partial charge in [-0.2, -0.15) is 0 Å². The highest BCUT2D eigenvalue weighted by atomic mass is 35.5. The molecule has 0 spiro atoms. The molecule has 132 valence electrons. The van der Waals surface area contributed by atoms with Crippen molar-refractivity contribution in [3.63, 3.8) is 0 Å². The van der Waals surface area contributed by atoms with Crippen LogP contribution < -0.4 is 14.8 Å². The Balaban J connectivity index is 0.00000208. The maximum absolute atomic E-state index is 11.8. The fourth-order valence-electron chi connectivity index (χ4n) is 2.93. The first-order valence-electron chi connectivity index (χ1n) is 8.39. The Morgan fingerprint density at radius 1 is 1.17 bits per heavy atom. The van der Waals surface area contributed by atoms with Crippen molar-refractivity contribution < 1.29 is 14.3 Å². The van der Waals surface area contributed by atoms with Gasteiger partial charge in [-0.15, -0.1) is 12.4 Å².